The summed E-state index contributed by atoms with van der Waals surface area (Å²) in [7, 11) is 0. The van der Waals surface area contributed by atoms with Crippen molar-refractivity contribution >= 4 is 11.9 Å². The van der Waals surface area contributed by atoms with Gasteiger partial charge >= 0.3 is 6.03 Å². The highest BCUT2D eigenvalue weighted by Gasteiger charge is 2.46. The molecule has 2 bridgehead atoms. The van der Waals surface area contributed by atoms with Gasteiger partial charge < -0.3 is 4.90 Å². The van der Waals surface area contributed by atoms with Gasteiger partial charge in [-0.3, -0.25) is 14.8 Å². The van der Waals surface area contributed by atoms with Crippen LogP contribution in [-0.2, 0) is 9.63 Å². The smallest absolute Gasteiger partial charge is 0.309 e. The molecular weight excluding hydrogens is 214 g/mol. The van der Waals surface area contributed by atoms with Gasteiger partial charge in [-0.05, 0) is 19.8 Å². The molecule has 90 valence electrons. The predicted molar refractivity (Wildman–Crippen MR) is 52.3 cm³/mol. The number of nitrogens with one attached hydrogen (secondary N) is 1. The Bertz CT molecular complexity index is 309. The number of fused-ring (bicyclic) bond motifs is 2. The highest BCUT2D eigenvalue weighted by atomic mass is 16.6. The first-order chi connectivity index (χ1) is 7.65. The Kier molecular flexibility index (Phi) is 2.97. The molecule has 7 nitrogen and oxygen atoms in total. The zero-order chi connectivity index (χ0) is 11.7. The Hall–Kier alpha value is -1.34. The van der Waals surface area contributed by atoms with Crippen molar-refractivity contribution in [3.05, 3.63) is 0 Å². The minimum Gasteiger partial charge on any atom is -0.309 e. The van der Waals surface area contributed by atoms with Gasteiger partial charge in [-0.2, -0.15) is 0 Å². The Morgan fingerprint density at radius 1 is 1.62 bits per heavy atom. The number of hydroxylamine groups is 3. The maximum Gasteiger partial charge on any atom is 0.344 e. The average molecular weight is 229 g/mol. The minimum atomic E-state index is -0.535. The summed E-state index contributed by atoms with van der Waals surface area (Å²) in [6, 6.07) is -1.21. The van der Waals surface area contributed by atoms with Crippen LogP contribution in [0.5, 0.6) is 0 Å². The molecule has 0 saturated carbocycles. The zero-order valence-electron chi connectivity index (χ0n) is 9.05. The number of rotatable bonds is 3. The molecule has 3 amide bonds. The molecule has 2 rings (SSSR count). The lowest BCUT2D eigenvalue weighted by Gasteiger charge is -2.28. The topological polar surface area (TPSA) is 82.1 Å². The van der Waals surface area contributed by atoms with Crippen molar-refractivity contribution in [3.63, 3.8) is 0 Å². The van der Waals surface area contributed by atoms with Crippen LogP contribution in [0.15, 0.2) is 0 Å². The highest BCUT2D eigenvalue weighted by Crippen LogP contribution is 2.28. The number of carbonyl (C=O) groups excluding carboxylic acids is 2. The van der Waals surface area contributed by atoms with Crippen LogP contribution in [0, 0.1) is 0 Å². The van der Waals surface area contributed by atoms with E-state index < -0.39 is 12.1 Å². The molecule has 0 aliphatic carbocycles. The number of nitrogens with zero attached hydrogens (tertiary/aromatic N) is 2. The number of carbonyl (C=O) groups is 2. The average Bonchev–Trinajstić information content (AvgIpc) is 2.52. The molecule has 2 aliphatic heterocycles. The summed E-state index contributed by atoms with van der Waals surface area (Å²) < 4.78 is 0. The third kappa shape index (κ3) is 1.72. The Morgan fingerprint density at radius 3 is 3.06 bits per heavy atom. The van der Waals surface area contributed by atoms with Crippen molar-refractivity contribution in [2.24, 2.45) is 0 Å². The van der Waals surface area contributed by atoms with Gasteiger partial charge in [0.15, 0.2) is 0 Å². The molecule has 0 aromatic rings. The second kappa shape index (κ2) is 4.26. The fourth-order valence-corrected chi connectivity index (χ4v) is 2.13. The SMILES string of the molecule is CCONC(=O)C1CCC2CN1C(=O)N2O. The van der Waals surface area contributed by atoms with E-state index in [1.165, 1.54) is 4.90 Å². The Labute approximate surface area is 92.9 Å². The molecular formula is C9H15N3O4. The molecule has 2 saturated heterocycles. The van der Waals surface area contributed by atoms with Gasteiger partial charge in [0.25, 0.3) is 5.91 Å². The van der Waals surface area contributed by atoms with Crippen molar-refractivity contribution in [3.8, 4) is 0 Å². The standard InChI is InChI=1S/C9H15N3O4/c1-2-16-10-8(13)7-4-3-6-5-11(7)9(14)12(6)15/h6-7,15H,2-5H2,1H3,(H,10,13). The first-order valence-corrected chi connectivity index (χ1v) is 5.35. The van der Waals surface area contributed by atoms with Gasteiger partial charge in [0, 0.05) is 6.54 Å². The molecule has 2 heterocycles. The largest absolute Gasteiger partial charge is 0.344 e. The summed E-state index contributed by atoms with van der Waals surface area (Å²) in [6.45, 7) is 2.54. The number of hydrogen-bond acceptors (Lipinski definition) is 4. The first kappa shape index (κ1) is 11.2. The molecule has 2 aliphatic rings. The third-order valence-corrected chi connectivity index (χ3v) is 2.96. The summed E-state index contributed by atoms with van der Waals surface area (Å²) in [5.74, 6) is -0.330. The van der Waals surface area contributed by atoms with E-state index in [0.717, 1.165) is 0 Å². The molecule has 0 spiro atoms. The zero-order valence-corrected chi connectivity index (χ0v) is 9.05. The Balaban J connectivity index is 2.02. The van der Waals surface area contributed by atoms with E-state index in [4.69, 9.17) is 4.84 Å². The monoisotopic (exact) mass is 229 g/mol. The lowest BCUT2D eigenvalue weighted by atomic mass is 10.0. The Morgan fingerprint density at radius 2 is 2.38 bits per heavy atom. The first-order valence-electron chi connectivity index (χ1n) is 5.35. The maximum absolute atomic E-state index is 11.7. The van der Waals surface area contributed by atoms with Crippen molar-refractivity contribution in [1.29, 1.82) is 0 Å². The molecule has 0 radical (unpaired) electrons. The van der Waals surface area contributed by atoms with E-state index in [1.807, 2.05) is 0 Å². The van der Waals surface area contributed by atoms with Gasteiger partial charge in [-0.1, -0.05) is 0 Å². The molecule has 2 fully saturated rings. The van der Waals surface area contributed by atoms with Crippen LogP contribution in [0.4, 0.5) is 4.79 Å². The van der Waals surface area contributed by atoms with Crippen molar-refractivity contribution < 1.29 is 19.6 Å². The normalized spacial score (nSPS) is 28.5. The van der Waals surface area contributed by atoms with Gasteiger partial charge in [-0.25, -0.2) is 15.3 Å². The van der Waals surface area contributed by atoms with Crippen molar-refractivity contribution in [1.82, 2.24) is 15.4 Å². The van der Waals surface area contributed by atoms with E-state index in [1.54, 1.807) is 6.92 Å². The number of piperidine rings is 1. The summed E-state index contributed by atoms with van der Waals surface area (Å²) >= 11 is 0. The fourth-order valence-electron chi connectivity index (χ4n) is 2.13. The van der Waals surface area contributed by atoms with E-state index in [-0.39, 0.29) is 11.9 Å². The summed E-state index contributed by atoms with van der Waals surface area (Å²) in [4.78, 5) is 29.4. The fraction of sp³-hybridized carbons (Fsp3) is 0.778. The van der Waals surface area contributed by atoms with Crippen molar-refractivity contribution in [2.75, 3.05) is 13.2 Å². The van der Waals surface area contributed by atoms with Crippen LogP contribution in [0.3, 0.4) is 0 Å². The summed E-state index contributed by atoms with van der Waals surface area (Å²) in [5.41, 5.74) is 2.29. The highest BCUT2D eigenvalue weighted by molar-refractivity contribution is 5.87. The van der Waals surface area contributed by atoms with Crippen LogP contribution in [0.1, 0.15) is 19.8 Å². The van der Waals surface area contributed by atoms with Crippen LogP contribution in [0.2, 0.25) is 0 Å². The van der Waals surface area contributed by atoms with E-state index in [9.17, 15) is 14.8 Å². The molecule has 2 N–H and O–H groups in total. The lowest BCUT2D eigenvalue weighted by Crippen LogP contribution is -2.49. The van der Waals surface area contributed by atoms with Gasteiger partial charge in [-0.15, -0.1) is 0 Å². The second-order valence-electron chi connectivity index (χ2n) is 3.93. The quantitative estimate of drug-likeness (QED) is 0.514. The molecule has 7 heteroatoms. The van der Waals surface area contributed by atoms with Gasteiger partial charge in [0.1, 0.15) is 6.04 Å². The maximum atomic E-state index is 11.7. The number of amides is 3. The number of hydrogen-bond donors (Lipinski definition) is 2. The minimum absolute atomic E-state index is 0.177. The third-order valence-electron chi connectivity index (χ3n) is 2.96. The predicted octanol–water partition coefficient (Wildman–Crippen LogP) is -0.288. The van der Waals surface area contributed by atoms with Crippen LogP contribution >= 0.6 is 0 Å². The van der Waals surface area contributed by atoms with Crippen LogP contribution in [-0.4, -0.2) is 52.3 Å². The second-order valence-corrected chi connectivity index (χ2v) is 3.93. The van der Waals surface area contributed by atoms with E-state index in [2.05, 4.69) is 5.48 Å². The summed E-state index contributed by atoms with van der Waals surface area (Å²) in [5, 5.41) is 10.1. The molecule has 0 aromatic heterocycles. The van der Waals surface area contributed by atoms with E-state index >= 15 is 0 Å². The molecule has 16 heavy (non-hydrogen) atoms. The molecule has 0 aromatic carbocycles. The number of urea groups is 1. The molecule has 2 atom stereocenters. The van der Waals surface area contributed by atoms with E-state index in [0.29, 0.717) is 31.1 Å². The molecule has 2 unspecified atom stereocenters. The summed E-state index contributed by atoms with van der Waals surface area (Å²) in [6.07, 6.45) is 1.18. The van der Waals surface area contributed by atoms with Gasteiger partial charge in [0.2, 0.25) is 0 Å². The van der Waals surface area contributed by atoms with Crippen LogP contribution < -0.4 is 5.48 Å². The van der Waals surface area contributed by atoms with Crippen molar-refractivity contribution in [2.45, 2.75) is 31.8 Å². The van der Waals surface area contributed by atoms with Crippen LogP contribution in [0.25, 0.3) is 0 Å². The van der Waals surface area contributed by atoms with Gasteiger partial charge in [0.05, 0.1) is 12.6 Å². The lowest BCUT2D eigenvalue weighted by molar-refractivity contribution is -0.138.